The van der Waals surface area contributed by atoms with E-state index in [0.717, 1.165) is 32.5 Å². The summed E-state index contributed by atoms with van der Waals surface area (Å²) in [4.78, 5) is 36.7. The molecule has 0 radical (unpaired) electrons. The molecule has 12 nitrogen and oxygen atoms in total. The van der Waals surface area contributed by atoms with Crippen molar-refractivity contribution in [2.45, 2.75) is 13.9 Å². The van der Waals surface area contributed by atoms with Crippen molar-refractivity contribution < 1.29 is 18.3 Å². The molecule has 0 spiro atoms. The van der Waals surface area contributed by atoms with Gasteiger partial charge in [0.1, 0.15) is 12.0 Å². The average molecular weight is 547 g/mol. The van der Waals surface area contributed by atoms with Gasteiger partial charge >= 0.3 is 0 Å². The monoisotopic (exact) mass is 546 g/mol. The molecule has 2 aromatic rings. The highest BCUT2D eigenvalue weighted by atomic mass is 35.5. The number of aldehydes is 1. The van der Waals surface area contributed by atoms with E-state index in [2.05, 4.69) is 53.8 Å². The summed E-state index contributed by atoms with van der Waals surface area (Å²) in [5.74, 6) is 0.794. The number of hydrogen-bond acceptors (Lipinski definition) is 12. The van der Waals surface area contributed by atoms with Gasteiger partial charge in [0.15, 0.2) is 5.82 Å². The van der Waals surface area contributed by atoms with Gasteiger partial charge in [0.25, 0.3) is 6.43 Å². The van der Waals surface area contributed by atoms with Gasteiger partial charge in [0.05, 0.1) is 25.3 Å². The Bertz CT molecular complexity index is 946. The molecule has 208 valence electrons. The van der Waals surface area contributed by atoms with E-state index in [1.807, 2.05) is 9.80 Å². The SMILES string of the molecule is C.CCl.CN1CCN(c2nc(-c3cnc(N)nc3C(F)F)nc(N3CCOCC3)n2)CC1.CNCC=O. The minimum atomic E-state index is -2.83. The molecule has 0 atom stereocenters. The number of likely N-dealkylation sites (N-methyl/N-ethyl adjacent to an activating group) is 2. The lowest BCUT2D eigenvalue weighted by atomic mass is 10.2. The minimum Gasteiger partial charge on any atom is -0.378 e. The van der Waals surface area contributed by atoms with Gasteiger partial charge in [0.2, 0.25) is 17.8 Å². The fourth-order valence-corrected chi connectivity index (χ4v) is 3.36. The van der Waals surface area contributed by atoms with Crippen molar-refractivity contribution in [1.82, 2.24) is 35.1 Å². The molecule has 0 bridgehead atoms. The fraction of sp³-hybridized carbons (Fsp3) is 0.636. The molecular formula is C22H37ClF2N10O2. The van der Waals surface area contributed by atoms with Crippen molar-refractivity contribution in [3.8, 4) is 11.4 Å². The molecule has 0 aromatic carbocycles. The maximum atomic E-state index is 13.6. The molecule has 15 heteroatoms. The van der Waals surface area contributed by atoms with Crippen LogP contribution in [0.15, 0.2) is 6.20 Å². The molecule has 37 heavy (non-hydrogen) atoms. The number of carbonyl (C=O) groups excluding carboxylic acids is 1. The van der Waals surface area contributed by atoms with Gasteiger partial charge < -0.3 is 35.3 Å². The molecule has 0 aliphatic carbocycles. The summed E-state index contributed by atoms with van der Waals surface area (Å²) < 4.78 is 32.6. The Kier molecular flexibility index (Phi) is 14.7. The number of nitrogens with zero attached hydrogens (tertiary/aromatic N) is 8. The minimum absolute atomic E-state index is 0. The van der Waals surface area contributed by atoms with E-state index in [-0.39, 0.29) is 24.8 Å². The zero-order valence-electron chi connectivity index (χ0n) is 20.7. The number of carbonyl (C=O) groups is 1. The molecule has 2 aliphatic rings. The Labute approximate surface area is 221 Å². The third-order valence-corrected chi connectivity index (χ3v) is 5.26. The van der Waals surface area contributed by atoms with Crippen LogP contribution >= 0.6 is 11.6 Å². The van der Waals surface area contributed by atoms with Crippen molar-refractivity contribution in [3.63, 3.8) is 0 Å². The normalized spacial score (nSPS) is 15.6. The molecule has 4 rings (SSSR count). The summed E-state index contributed by atoms with van der Waals surface area (Å²) >= 11 is 4.64. The molecule has 2 fully saturated rings. The Morgan fingerprint density at radius 3 is 2.11 bits per heavy atom. The number of nitrogen functional groups attached to an aromatic ring is 1. The van der Waals surface area contributed by atoms with E-state index in [0.29, 0.717) is 44.7 Å². The van der Waals surface area contributed by atoms with Gasteiger partial charge in [0, 0.05) is 51.8 Å². The van der Waals surface area contributed by atoms with Crippen LogP contribution in [0.5, 0.6) is 0 Å². The van der Waals surface area contributed by atoms with Crippen molar-refractivity contribution in [3.05, 3.63) is 11.9 Å². The van der Waals surface area contributed by atoms with Crippen LogP contribution in [0, 0.1) is 0 Å². The average Bonchev–Trinajstić information content (AvgIpc) is 2.91. The largest absolute Gasteiger partial charge is 0.378 e. The Morgan fingerprint density at radius 1 is 1.05 bits per heavy atom. The van der Waals surface area contributed by atoms with Crippen LogP contribution in [-0.2, 0) is 9.53 Å². The first-order valence-corrected chi connectivity index (χ1v) is 12.1. The number of piperazine rings is 1. The van der Waals surface area contributed by atoms with Crippen LogP contribution in [0.25, 0.3) is 11.4 Å². The van der Waals surface area contributed by atoms with Crippen molar-refractivity contribution >= 4 is 35.7 Å². The molecule has 2 aromatic heterocycles. The molecule has 2 saturated heterocycles. The van der Waals surface area contributed by atoms with Gasteiger partial charge in [-0.05, 0) is 14.1 Å². The van der Waals surface area contributed by atoms with Gasteiger partial charge in [-0.2, -0.15) is 15.0 Å². The summed E-state index contributed by atoms with van der Waals surface area (Å²) in [6, 6.07) is 0. The highest BCUT2D eigenvalue weighted by Crippen LogP contribution is 2.29. The molecule has 0 unspecified atom stereocenters. The van der Waals surface area contributed by atoms with Crippen LogP contribution in [-0.4, -0.2) is 116 Å². The zero-order valence-corrected chi connectivity index (χ0v) is 21.5. The second-order valence-electron chi connectivity index (χ2n) is 7.70. The van der Waals surface area contributed by atoms with Gasteiger partial charge in [-0.15, -0.1) is 11.6 Å². The lowest BCUT2D eigenvalue weighted by Gasteiger charge is -2.33. The van der Waals surface area contributed by atoms with Crippen molar-refractivity contribution in [1.29, 1.82) is 0 Å². The van der Waals surface area contributed by atoms with E-state index < -0.39 is 12.1 Å². The number of aromatic nitrogens is 5. The highest BCUT2D eigenvalue weighted by Gasteiger charge is 2.25. The van der Waals surface area contributed by atoms with E-state index in [4.69, 9.17) is 10.5 Å². The number of halogens is 3. The van der Waals surface area contributed by atoms with Crippen LogP contribution in [0.3, 0.4) is 0 Å². The Hall–Kier alpha value is -2.81. The third kappa shape index (κ3) is 9.54. The molecule has 0 amide bonds. The Balaban J connectivity index is 0.000000768. The number of anilines is 3. The van der Waals surface area contributed by atoms with Crippen molar-refractivity contribution in [2.75, 3.05) is 95.0 Å². The summed E-state index contributed by atoms with van der Waals surface area (Å²) in [6.07, 6.45) is 0.710. The molecule has 4 heterocycles. The maximum absolute atomic E-state index is 13.6. The van der Waals surface area contributed by atoms with Gasteiger partial charge in [-0.3, -0.25) is 0 Å². The molecule has 3 N–H and O–H groups in total. The number of nitrogens with one attached hydrogen (secondary N) is 1. The first kappa shape index (κ1) is 32.2. The second kappa shape index (κ2) is 16.8. The first-order valence-electron chi connectivity index (χ1n) is 11.3. The van der Waals surface area contributed by atoms with E-state index in [9.17, 15) is 13.6 Å². The third-order valence-electron chi connectivity index (χ3n) is 5.26. The van der Waals surface area contributed by atoms with Crippen LogP contribution < -0.4 is 20.9 Å². The number of hydrogen-bond donors (Lipinski definition) is 2. The second-order valence-corrected chi connectivity index (χ2v) is 7.70. The summed E-state index contributed by atoms with van der Waals surface area (Å²) in [5, 5.41) is 2.65. The maximum Gasteiger partial charge on any atom is 0.281 e. The molecular weight excluding hydrogens is 510 g/mol. The zero-order chi connectivity index (χ0) is 26.5. The number of nitrogens with two attached hydrogens (primary N) is 1. The molecule has 0 saturated carbocycles. The lowest BCUT2D eigenvalue weighted by Crippen LogP contribution is -2.45. The van der Waals surface area contributed by atoms with Gasteiger partial charge in [-0.1, -0.05) is 7.43 Å². The van der Waals surface area contributed by atoms with Crippen LogP contribution in [0.1, 0.15) is 19.5 Å². The standard InChI is InChI=1S/C17H23F2N9O.C3H7NO.CH3Cl.CH4/c1-26-2-4-27(5-3-26)16-23-14(11-10-21-15(20)22-12(11)13(18)19)24-17(25-16)28-6-8-29-9-7-28;1-4-2-3-5;1-2;/h10,13H,2-9H2,1H3,(H2,20,21,22);3-4H,2H2,1H3;1H3;1H4. The molecule has 2 aliphatic heterocycles. The van der Waals surface area contributed by atoms with E-state index in [1.54, 1.807) is 7.05 Å². The summed E-state index contributed by atoms with van der Waals surface area (Å²) in [7, 11) is 3.78. The predicted octanol–water partition coefficient (Wildman–Crippen LogP) is 1.33. The number of morpholine rings is 1. The summed E-state index contributed by atoms with van der Waals surface area (Å²) in [6.45, 7) is 6.00. The topological polar surface area (TPSA) is 139 Å². The lowest BCUT2D eigenvalue weighted by molar-refractivity contribution is -0.107. The van der Waals surface area contributed by atoms with Crippen LogP contribution in [0.2, 0.25) is 0 Å². The van der Waals surface area contributed by atoms with E-state index >= 15 is 0 Å². The fourth-order valence-electron chi connectivity index (χ4n) is 3.36. The highest BCUT2D eigenvalue weighted by molar-refractivity contribution is 6.15. The van der Waals surface area contributed by atoms with Gasteiger partial charge in [-0.25, -0.2) is 18.7 Å². The smallest absolute Gasteiger partial charge is 0.281 e. The summed E-state index contributed by atoms with van der Waals surface area (Å²) in [5.41, 5.74) is 5.08. The number of alkyl halides is 3. The van der Waals surface area contributed by atoms with Crippen LogP contribution in [0.4, 0.5) is 26.6 Å². The van der Waals surface area contributed by atoms with Crippen molar-refractivity contribution in [2.24, 2.45) is 0 Å². The number of ether oxygens (including phenoxy) is 1. The quantitative estimate of drug-likeness (QED) is 0.399. The van der Waals surface area contributed by atoms with E-state index in [1.165, 1.54) is 12.6 Å². The number of rotatable bonds is 6. The predicted molar refractivity (Wildman–Crippen MR) is 141 cm³/mol. The Morgan fingerprint density at radius 2 is 1.62 bits per heavy atom. The first-order chi connectivity index (χ1) is 17.4.